The highest BCUT2D eigenvalue weighted by Gasteiger charge is 2.15. The largest absolute Gasteiger partial charge is 0.478 e. The van der Waals surface area contributed by atoms with E-state index in [1.165, 1.54) is 17.4 Å². The van der Waals surface area contributed by atoms with Crippen molar-refractivity contribution in [1.82, 2.24) is 4.98 Å². The lowest BCUT2D eigenvalue weighted by atomic mass is 10.2. The van der Waals surface area contributed by atoms with Gasteiger partial charge < -0.3 is 10.4 Å². The van der Waals surface area contributed by atoms with Crippen LogP contribution >= 0.6 is 11.3 Å². The van der Waals surface area contributed by atoms with E-state index in [1.807, 2.05) is 42.5 Å². The second kappa shape index (κ2) is 7.55. The molecular weight excluding hydrogens is 336 g/mol. The predicted molar refractivity (Wildman–Crippen MR) is 98.8 cm³/mol. The molecule has 1 aromatic heterocycles. The van der Waals surface area contributed by atoms with Crippen LogP contribution in [0, 0.1) is 0 Å². The summed E-state index contributed by atoms with van der Waals surface area (Å²) in [7, 11) is 0. The average Bonchev–Trinajstić information content (AvgIpc) is 3.10. The number of carbonyl (C=O) groups excluding carboxylic acids is 1. The van der Waals surface area contributed by atoms with E-state index in [-0.39, 0.29) is 16.3 Å². The third kappa shape index (κ3) is 4.19. The molecule has 0 spiro atoms. The van der Waals surface area contributed by atoms with E-state index in [2.05, 4.69) is 10.3 Å². The summed E-state index contributed by atoms with van der Waals surface area (Å²) in [5.41, 5.74) is 2.00. The monoisotopic (exact) mass is 350 g/mol. The van der Waals surface area contributed by atoms with Gasteiger partial charge in [-0.1, -0.05) is 48.5 Å². The van der Waals surface area contributed by atoms with Crippen molar-refractivity contribution in [3.63, 3.8) is 0 Å². The number of hydrogen-bond donors (Lipinski definition) is 2. The van der Waals surface area contributed by atoms with Crippen molar-refractivity contribution in [3.05, 3.63) is 81.8 Å². The number of nitrogens with zero attached hydrogens (tertiary/aromatic N) is 1. The normalized spacial score (nSPS) is 10.7. The van der Waals surface area contributed by atoms with Gasteiger partial charge >= 0.3 is 5.97 Å². The van der Waals surface area contributed by atoms with E-state index >= 15 is 0 Å². The molecule has 0 aliphatic carbocycles. The van der Waals surface area contributed by atoms with Crippen molar-refractivity contribution in [2.24, 2.45) is 0 Å². The van der Waals surface area contributed by atoms with Crippen LogP contribution < -0.4 is 5.32 Å². The Hall–Kier alpha value is -3.25. The molecule has 2 N–H and O–H groups in total. The third-order valence-electron chi connectivity index (χ3n) is 3.37. The summed E-state index contributed by atoms with van der Waals surface area (Å²) >= 11 is 1.20. The lowest BCUT2D eigenvalue weighted by Crippen LogP contribution is -2.14. The average molecular weight is 350 g/mol. The number of carboxylic acid groups (broad SMARTS) is 1. The van der Waals surface area contributed by atoms with Gasteiger partial charge in [0.1, 0.15) is 0 Å². The second-order valence-electron chi connectivity index (χ2n) is 5.13. The molecule has 0 fully saturated rings. The van der Waals surface area contributed by atoms with Gasteiger partial charge in [0.05, 0.1) is 16.9 Å². The molecule has 3 aromatic rings. The summed E-state index contributed by atoms with van der Waals surface area (Å²) in [5.74, 6) is -1.53. The number of hydrogen-bond acceptors (Lipinski definition) is 4. The van der Waals surface area contributed by atoms with Gasteiger partial charge in [-0.3, -0.25) is 4.79 Å². The fraction of sp³-hybridized carbons (Fsp3) is 0. The quantitative estimate of drug-likeness (QED) is 0.720. The molecule has 0 aliphatic heterocycles. The third-order valence-corrected chi connectivity index (χ3v) is 4.23. The maximum Gasteiger partial charge on any atom is 0.337 e. The molecular formula is C19H14N2O3S. The van der Waals surface area contributed by atoms with Gasteiger partial charge in [0, 0.05) is 5.38 Å². The molecule has 0 aliphatic rings. The zero-order chi connectivity index (χ0) is 17.6. The van der Waals surface area contributed by atoms with Crippen LogP contribution in [0.3, 0.4) is 0 Å². The Labute approximate surface area is 148 Å². The Morgan fingerprint density at radius 1 is 1.00 bits per heavy atom. The fourth-order valence-corrected chi connectivity index (χ4v) is 2.85. The van der Waals surface area contributed by atoms with E-state index < -0.39 is 11.9 Å². The molecule has 124 valence electrons. The highest BCUT2D eigenvalue weighted by Crippen LogP contribution is 2.18. The van der Waals surface area contributed by atoms with Gasteiger partial charge in [-0.05, 0) is 23.8 Å². The van der Waals surface area contributed by atoms with E-state index in [4.69, 9.17) is 5.11 Å². The number of thiazole rings is 1. The number of aromatic nitrogens is 1. The van der Waals surface area contributed by atoms with Crippen LogP contribution in [0.4, 0.5) is 5.69 Å². The Kier molecular flexibility index (Phi) is 5.01. The topological polar surface area (TPSA) is 79.3 Å². The van der Waals surface area contributed by atoms with Crippen LogP contribution in [0.2, 0.25) is 0 Å². The van der Waals surface area contributed by atoms with Crippen molar-refractivity contribution in [2.45, 2.75) is 0 Å². The minimum atomic E-state index is -1.10. The summed E-state index contributed by atoms with van der Waals surface area (Å²) in [5, 5.41) is 13.8. The SMILES string of the molecule is O=C(Nc1ccccc1C(=O)O)c1nc(/C=C/c2ccccc2)cs1. The van der Waals surface area contributed by atoms with Crippen LogP contribution in [-0.4, -0.2) is 22.0 Å². The predicted octanol–water partition coefficient (Wildman–Crippen LogP) is 4.26. The van der Waals surface area contributed by atoms with E-state index in [1.54, 1.807) is 23.6 Å². The number of benzene rings is 2. The molecule has 1 heterocycles. The van der Waals surface area contributed by atoms with Crippen LogP contribution in [0.25, 0.3) is 12.2 Å². The number of carboxylic acids is 1. The number of anilines is 1. The minimum Gasteiger partial charge on any atom is -0.478 e. The lowest BCUT2D eigenvalue weighted by molar-refractivity contribution is 0.0698. The molecule has 5 nitrogen and oxygen atoms in total. The van der Waals surface area contributed by atoms with Crippen LogP contribution in [0.15, 0.2) is 60.0 Å². The minimum absolute atomic E-state index is 0.0385. The Morgan fingerprint density at radius 3 is 2.48 bits per heavy atom. The molecule has 6 heteroatoms. The summed E-state index contributed by atoms with van der Waals surface area (Å²) in [6, 6.07) is 16.0. The van der Waals surface area contributed by atoms with Gasteiger partial charge in [0.2, 0.25) is 0 Å². The van der Waals surface area contributed by atoms with Gasteiger partial charge in [-0.25, -0.2) is 9.78 Å². The van der Waals surface area contributed by atoms with Crippen molar-refractivity contribution < 1.29 is 14.7 Å². The Morgan fingerprint density at radius 2 is 1.72 bits per heavy atom. The molecule has 2 aromatic carbocycles. The molecule has 0 radical (unpaired) electrons. The number of para-hydroxylation sites is 1. The lowest BCUT2D eigenvalue weighted by Gasteiger charge is -2.06. The number of carbonyl (C=O) groups is 2. The van der Waals surface area contributed by atoms with Crippen molar-refractivity contribution in [2.75, 3.05) is 5.32 Å². The fourth-order valence-electron chi connectivity index (χ4n) is 2.17. The number of nitrogens with one attached hydrogen (secondary N) is 1. The van der Waals surface area contributed by atoms with Crippen molar-refractivity contribution >= 4 is 41.1 Å². The van der Waals surface area contributed by atoms with Gasteiger partial charge in [-0.2, -0.15) is 0 Å². The molecule has 25 heavy (non-hydrogen) atoms. The standard InChI is InChI=1S/C19H14N2O3S/c22-17(21-16-9-5-4-8-15(16)19(23)24)18-20-14(12-25-18)11-10-13-6-2-1-3-7-13/h1-12H,(H,21,22)(H,23,24)/b11-10+. The molecule has 0 bridgehead atoms. The van der Waals surface area contributed by atoms with Crippen molar-refractivity contribution in [3.8, 4) is 0 Å². The second-order valence-corrected chi connectivity index (χ2v) is 5.98. The first-order valence-corrected chi connectivity index (χ1v) is 8.34. The highest BCUT2D eigenvalue weighted by molar-refractivity contribution is 7.11. The van der Waals surface area contributed by atoms with Crippen LogP contribution in [0.1, 0.15) is 31.4 Å². The Bertz CT molecular complexity index is 933. The number of amides is 1. The van der Waals surface area contributed by atoms with Gasteiger partial charge in [0.15, 0.2) is 5.01 Å². The first kappa shape index (κ1) is 16.6. The van der Waals surface area contributed by atoms with Gasteiger partial charge in [0.25, 0.3) is 5.91 Å². The van der Waals surface area contributed by atoms with E-state index in [9.17, 15) is 9.59 Å². The zero-order valence-corrected chi connectivity index (χ0v) is 13.9. The highest BCUT2D eigenvalue weighted by atomic mass is 32.1. The first-order chi connectivity index (χ1) is 12.1. The van der Waals surface area contributed by atoms with Crippen molar-refractivity contribution in [1.29, 1.82) is 0 Å². The first-order valence-electron chi connectivity index (χ1n) is 7.46. The molecule has 3 rings (SSSR count). The van der Waals surface area contributed by atoms with Gasteiger partial charge in [-0.15, -0.1) is 11.3 Å². The maximum atomic E-state index is 12.3. The molecule has 0 saturated heterocycles. The summed E-state index contributed by atoms with van der Waals surface area (Å²) in [4.78, 5) is 27.8. The maximum absolute atomic E-state index is 12.3. The Balaban J connectivity index is 1.73. The number of aromatic carboxylic acids is 1. The molecule has 0 unspecified atom stereocenters. The zero-order valence-electron chi connectivity index (χ0n) is 13.0. The summed E-state index contributed by atoms with van der Waals surface area (Å²) in [6.45, 7) is 0. The number of rotatable bonds is 5. The summed E-state index contributed by atoms with van der Waals surface area (Å²) < 4.78 is 0. The van der Waals surface area contributed by atoms with E-state index in [0.717, 1.165) is 5.56 Å². The molecule has 1 amide bonds. The molecule has 0 atom stereocenters. The van der Waals surface area contributed by atoms with Crippen LogP contribution in [-0.2, 0) is 0 Å². The van der Waals surface area contributed by atoms with Crippen LogP contribution in [0.5, 0.6) is 0 Å². The molecule has 0 saturated carbocycles. The van der Waals surface area contributed by atoms with E-state index in [0.29, 0.717) is 5.69 Å². The summed E-state index contributed by atoms with van der Waals surface area (Å²) in [6.07, 6.45) is 3.74. The smallest absolute Gasteiger partial charge is 0.337 e.